The van der Waals surface area contributed by atoms with Crippen LogP contribution in [0.25, 0.3) is 0 Å². The van der Waals surface area contributed by atoms with Crippen molar-refractivity contribution < 1.29 is 54.8 Å². The number of esters is 2. The van der Waals surface area contributed by atoms with Crippen LogP contribution in [0.2, 0.25) is 0 Å². The second kappa shape index (κ2) is 9.62. The molecule has 0 heterocycles. The molecule has 0 saturated heterocycles. The van der Waals surface area contributed by atoms with Gasteiger partial charge in [-0.15, -0.1) is 0 Å². The summed E-state index contributed by atoms with van der Waals surface area (Å²) in [4.78, 5) is 33.3. The summed E-state index contributed by atoms with van der Waals surface area (Å²) in [6.45, 7) is 4.68. The smallest absolute Gasteiger partial charge is 1.00 e. The molecular formula is C9H16NNaO5. The molecule has 88 valence electrons. The summed E-state index contributed by atoms with van der Waals surface area (Å²) in [6, 6.07) is -1.37. The van der Waals surface area contributed by atoms with Gasteiger partial charge in [-0.2, -0.15) is 0 Å². The minimum atomic E-state index is -1.37. The molecule has 16 heavy (non-hydrogen) atoms. The Balaban J connectivity index is -0.000000980. The fourth-order valence-electron chi connectivity index (χ4n) is 0.869. The van der Waals surface area contributed by atoms with Crippen molar-refractivity contribution in [1.29, 1.82) is 0 Å². The fraction of sp³-hybridized carbons (Fsp3) is 0.667. The van der Waals surface area contributed by atoms with Crippen molar-refractivity contribution in [3.05, 3.63) is 0 Å². The van der Waals surface area contributed by atoms with Gasteiger partial charge in [0.05, 0.1) is 13.2 Å². The summed E-state index contributed by atoms with van der Waals surface area (Å²) >= 11 is 0. The van der Waals surface area contributed by atoms with E-state index in [2.05, 4.69) is 14.8 Å². The molecule has 0 aromatic carbocycles. The third kappa shape index (κ3) is 6.81. The van der Waals surface area contributed by atoms with Crippen LogP contribution >= 0.6 is 0 Å². The van der Waals surface area contributed by atoms with E-state index in [0.717, 1.165) is 0 Å². The molecule has 0 spiro atoms. The third-order valence-corrected chi connectivity index (χ3v) is 1.39. The zero-order valence-electron chi connectivity index (χ0n) is 11.0. The van der Waals surface area contributed by atoms with Gasteiger partial charge in [0.25, 0.3) is 0 Å². The first-order valence-electron chi connectivity index (χ1n) is 4.63. The number of carbonyl (C=O) groups is 3. The Labute approximate surface area is 118 Å². The molecule has 0 aliphatic carbocycles. The van der Waals surface area contributed by atoms with Gasteiger partial charge in [0.2, 0.25) is 11.9 Å². The van der Waals surface area contributed by atoms with Gasteiger partial charge in [-0.05, 0) is 13.8 Å². The minimum Gasteiger partial charge on any atom is -1.00 e. The molecule has 0 unspecified atom stereocenters. The average Bonchev–Trinajstić information content (AvgIpc) is 2.14. The van der Waals surface area contributed by atoms with Crippen molar-refractivity contribution in [3.63, 3.8) is 0 Å². The molecule has 0 fully saturated rings. The van der Waals surface area contributed by atoms with Gasteiger partial charge in [0.1, 0.15) is 0 Å². The van der Waals surface area contributed by atoms with Crippen LogP contribution in [0.5, 0.6) is 0 Å². The summed E-state index contributed by atoms with van der Waals surface area (Å²) in [5, 5.41) is 2.16. The summed E-state index contributed by atoms with van der Waals surface area (Å²) in [7, 11) is 0. The molecule has 0 saturated carbocycles. The molecule has 1 N–H and O–H groups in total. The Morgan fingerprint density at radius 1 is 1.12 bits per heavy atom. The molecule has 6 nitrogen and oxygen atoms in total. The van der Waals surface area contributed by atoms with Crippen LogP contribution in [0.15, 0.2) is 0 Å². The minimum absolute atomic E-state index is 0. The van der Waals surface area contributed by atoms with E-state index in [4.69, 9.17) is 0 Å². The summed E-state index contributed by atoms with van der Waals surface area (Å²) in [5.41, 5.74) is 0. The molecule has 0 aromatic rings. The molecule has 0 aliphatic heterocycles. The van der Waals surface area contributed by atoms with E-state index in [-0.39, 0.29) is 44.2 Å². The zero-order valence-corrected chi connectivity index (χ0v) is 12.0. The summed E-state index contributed by atoms with van der Waals surface area (Å²) in [5.74, 6) is -2.13. The topological polar surface area (TPSA) is 81.7 Å². The van der Waals surface area contributed by atoms with Crippen molar-refractivity contribution in [2.75, 3.05) is 13.2 Å². The van der Waals surface area contributed by atoms with Gasteiger partial charge in [-0.1, -0.05) is 0 Å². The molecule has 0 atom stereocenters. The van der Waals surface area contributed by atoms with Crippen molar-refractivity contribution in [3.8, 4) is 0 Å². The number of rotatable bonds is 5. The van der Waals surface area contributed by atoms with Crippen molar-refractivity contribution in [1.82, 2.24) is 5.32 Å². The largest absolute Gasteiger partial charge is 1.00 e. The Bertz CT molecular complexity index is 244. The predicted octanol–water partition coefficient (Wildman–Crippen LogP) is -3.27. The first-order valence-corrected chi connectivity index (χ1v) is 4.63. The first-order chi connectivity index (χ1) is 7.02. The van der Waals surface area contributed by atoms with Crippen molar-refractivity contribution in [2.45, 2.75) is 26.8 Å². The summed E-state index contributed by atoms with van der Waals surface area (Å²) < 4.78 is 9.24. The SMILES string of the molecule is CCOC(=O)C(NC(C)=O)C(=O)OCC.[H-].[Na+]. The van der Waals surface area contributed by atoms with Crippen LogP contribution in [-0.2, 0) is 23.9 Å². The number of amides is 1. The Hall–Kier alpha value is -0.590. The fourth-order valence-corrected chi connectivity index (χ4v) is 0.869. The van der Waals surface area contributed by atoms with E-state index in [1.807, 2.05) is 0 Å². The van der Waals surface area contributed by atoms with E-state index in [1.165, 1.54) is 6.92 Å². The molecule has 0 radical (unpaired) electrons. The first kappa shape index (κ1) is 17.8. The molecular weight excluding hydrogens is 225 g/mol. The average molecular weight is 241 g/mol. The van der Waals surface area contributed by atoms with Gasteiger partial charge in [0, 0.05) is 6.92 Å². The quantitative estimate of drug-likeness (QED) is 0.310. The van der Waals surface area contributed by atoms with Gasteiger partial charge < -0.3 is 16.2 Å². The number of nitrogens with one attached hydrogen (secondary N) is 1. The zero-order chi connectivity index (χ0) is 11.8. The second-order valence-electron chi connectivity index (χ2n) is 2.64. The number of ether oxygens (including phenoxy) is 2. The summed E-state index contributed by atoms with van der Waals surface area (Å²) in [6.07, 6.45) is 0. The molecule has 0 bridgehead atoms. The maximum Gasteiger partial charge on any atom is 1.00 e. The monoisotopic (exact) mass is 241 g/mol. The molecule has 7 heteroatoms. The predicted molar refractivity (Wildman–Crippen MR) is 52.0 cm³/mol. The van der Waals surface area contributed by atoms with Crippen LogP contribution in [-0.4, -0.2) is 37.1 Å². The van der Waals surface area contributed by atoms with Crippen LogP contribution in [0.1, 0.15) is 22.2 Å². The van der Waals surface area contributed by atoms with Crippen molar-refractivity contribution >= 4 is 17.8 Å². The van der Waals surface area contributed by atoms with E-state index in [9.17, 15) is 14.4 Å². The van der Waals surface area contributed by atoms with Gasteiger partial charge in [-0.25, -0.2) is 9.59 Å². The standard InChI is InChI=1S/C9H15NO5.Na.H/c1-4-14-8(12)7(10-6(3)11)9(13)15-5-2;;/h7H,4-5H2,1-3H3,(H,10,11);;/q;+1;-1. The molecule has 0 aliphatic rings. The van der Waals surface area contributed by atoms with Gasteiger partial charge >= 0.3 is 41.5 Å². The van der Waals surface area contributed by atoms with E-state index < -0.39 is 23.9 Å². The second-order valence-corrected chi connectivity index (χ2v) is 2.64. The Morgan fingerprint density at radius 2 is 1.50 bits per heavy atom. The number of hydrogen-bond donors (Lipinski definition) is 1. The van der Waals surface area contributed by atoms with E-state index in [1.54, 1.807) is 13.8 Å². The molecule has 0 aromatic heterocycles. The number of carbonyl (C=O) groups excluding carboxylic acids is 3. The van der Waals surface area contributed by atoms with Gasteiger partial charge in [0.15, 0.2) is 0 Å². The van der Waals surface area contributed by atoms with E-state index >= 15 is 0 Å². The number of hydrogen-bond acceptors (Lipinski definition) is 5. The van der Waals surface area contributed by atoms with Crippen LogP contribution in [0.4, 0.5) is 0 Å². The normalized spacial score (nSPS) is 9.00. The maximum absolute atomic E-state index is 11.3. The third-order valence-electron chi connectivity index (χ3n) is 1.39. The molecule has 1 amide bonds. The van der Waals surface area contributed by atoms with Crippen LogP contribution < -0.4 is 34.9 Å². The Morgan fingerprint density at radius 3 is 1.75 bits per heavy atom. The Kier molecular flexibility index (Phi) is 10.7. The van der Waals surface area contributed by atoms with E-state index in [0.29, 0.717) is 0 Å². The maximum atomic E-state index is 11.3. The molecule has 0 rings (SSSR count). The van der Waals surface area contributed by atoms with Crippen LogP contribution in [0.3, 0.4) is 0 Å². The van der Waals surface area contributed by atoms with Gasteiger partial charge in [-0.3, -0.25) is 4.79 Å². The van der Waals surface area contributed by atoms with Crippen LogP contribution in [0, 0.1) is 0 Å². The van der Waals surface area contributed by atoms with Crippen molar-refractivity contribution in [2.24, 2.45) is 0 Å².